The van der Waals surface area contributed by atoms with Crippen LogP contribution in [0.25, 0.3) is 0 Å². The van der Waals surface area contributed by atoms with Crippen molar-refractivity contribution in [3.63, 3.8) is 0 Å². The van der Waals surface area contributed by atoms with E-state index in [9.17, 15) is 19.2 Å². The van der Waals surface area contributed by atoms with E-state index in [-0.39, 0.29) is 60.1 Å². The topological polar surface area (TPSA) is 84.0 Å². The Bertz CT molecular complexity index is 1330. The Kier molecular flexibility index (Phi) is 4.56. The minimum Gasteiger partial charge on any atom is -0.426 e. The number of imide groups is 1. The third-order valence-electron chi connectivity index (χ3n) is 8.73. The third-order valence-corrected chi connectivity index (χ3v) is 8.73. The number of carbonyl (C=O) groups excluding carboxylic acids is 4. The van der Waals surface area contributed by atoms with Crippen LogP contribution in [-0.4, -0.2) is 30.2 Å². The first kappa shape index (κ1) is 21.5. The molecule has 2 aromatic carbocycles. The van der Waals surface area contributed by atoms with Crippen LogP contribution < -0.4 is 14.5 Å². The van der Waals surface area contributed by atoms with Crippen LogP contribution in [-0.2, 0) is 19.2 Å². The van der Waals surface area contributed by atoms with Gasteiger partial charge in [-0.15, -0.1) is 0 Å². The molecule has 7 atom stereocenters. The lowest BCUT2D eigenvalue weighted by Gasteiger charge is -2.37. The molecule has 0 spiro atoms. The summed E-state index contributed by atoms with van der Waals surface area (Å²) in [7, 11) is 0. The Balaban J connectivity index is 1.08. The standard InChI is InChI=1S/C29H26N2O5/c1-15-4-2-5-17(10-15)30-14-16(11-24(30)32)29(35)36-19-7-3-6-18(12-19)31-27(33)25-20-8-9-21(23-13-22(20)23)26(25)28(31)34/h2-10,12,16,20-23,25-26H,11,13-14H2,1H3/t16-,20-,21-,22-,23-,25-,26+/m1/s1. The van der Waals surface area contributed by atoms with Gasteiger partial charge in [-0.3, -0.25) is 19.2 Å². The van der Waals surface area contributed by atoms with Crippen LogP contribution in [0, 0.1) is 48.3 Å². The fourth-order valence-corrected chi connectivity index (χ4v) is 7.01. The molecular formula is C29H26N2O5. The number of benzene rings is 2. The van der Waals surface area contributed by atoms with Crippen LogP contribution in [0.15, 0.2) is 60.7 Å². The van der Waals surface area contributed by atoms with Crippen molar-refractivity contribution in [2.75, 3.05) is 16.3 Å². The van der Waals surface area contributed by atoms with Gasteiger partial charge in [0.1, 0.15) is 5.75 Å². The fraction of sp³-hybridized carbons (Fsp3) is 0.379. The molecule has 0 N–H and O–H groups in total. The van der Waals surface area contributed by atoms with E-state index in [1.54, 1.807) is 29.2 Å². The Morgan fingerprint density at radius 3 is 2.25 bits per heavy atom. The van der Waals surface area contributed by atoms with E-state index < -0.39 is 11.9 Å². The van der Waals surface area contributed by atoms with E-state index in [1.165, 1.54) is 4.90 Å². The molecular weight excluding hydrogens is 456 g/mol. The second-order valence-corrected chi connectivity index (χ2v) is 10.8. The summed E-state index contributed by atoms with van der Waals surface area (Å²) in [5, 5.41) is 0. The smallest absolute Gasteiger partial charge is 0.316 e. The molecule has 2 heterocycles. The molecule has 182 valence electrons. The number of hydrogen-bond donors (Lipinski definition) is 0. The molecule has 7 heteroatoms. The molecule has 6 aliphatic rings. The summed E-state index contributed by atoms with van der Waals surface area (Å²) in [4.78, 5) is 55.2. The lowest BCUT2D eigenvalue weighted by molar-refractivity contribution is -0.139. The molecule has 36 heavy (non-hydrogen) atoms. The number of esters is 1. The van der Waals surface area contributed by atoms with Crippen LogP contribution in [0.5, 0.6) is 5.75 Å². The monoisotopic (exact) mass is 482 g/mol. The minimum atomic E-state index is -0.590. The summed E-state index contributed by atoms with van der Waals surface area (Å²) in [5.41, 5.74) is 2.24. The zero-order chi connectivity index (χ0) is 24.7. The predicted molar refractivity (Wildman–Crippen MR) is 131 cm³/mol. The molecule has 8 rings (SSSR count). The number of rotatable bonds is 4. The van der Waals surface area contributed by atoms with E-state index in [0.717, 1.165) is 17.7 Å². The molecule has 2 aromatic rings. The second kappa shape index (κ2) is 7.63. The van der Waals surface area contributed by atoms with Gasteiger partial charge in [-0.1, -0.05) is 30.4 Å². The summed E-state index contributed by atoms with van der Waals surface area (Å²) in [5.74, 6) is -0.392. The van der Waals surface area contributed by atoms with Gasteiger partial charge in [-0.25, -0.2) is 4.90 Å². The van der Waals surface area contributed by atoms with Gasteiger partial charge in [0.15, 0.2) is 0 Å². The normalized spacial score (nSPS) is 33.7. The minimum absolute atomic E-state index is 0.0804. The van der Waals surface area contributed by atoms with Crippen molar-refractivity contribution < 1.29 is 23.9 Å². The van der Waals surface area contributed by atoms with Crippen molar-refractivity contribution in [1.82, 2.24) is 0 Å². The van der Waals surface area contributed by atoms with Crippen LogP contribution in [0.4, 0.5) is 11.4 Å². The third kappa shape index (κ3) is 3.11. The molecule has 0 radical (unpaired) electrons. The molecule has 7 nitrogen and oxygen atoms in total. The molecule has 3 amide bonds. The van der Waals surface area contributed by atoms with E-state index in [4.69, 9.17) is 4.74 Å². The Labute approximate surface area is 208 Å². The average molecular weight is 483 g/mol. The number of hydrogen-bond acceptors (Lipinski definition) is 5. The molecule has 2 bridgehead atoms. The Morgan fingerprint density at radius 2 is 1.56 bits per heavy atom. The first-order valence-electron chi connectivity index (χ1n) is 12.7. The molecule has 2 aliphatic heterocycles. The second-order valence-electron chi connectivity index (χ2n) is 10.8. The number of aryl methyl sites for hydroxylation is 1. The lowest BCUT2D eigenvalue weighted by atomic mass is 9.63. The van der Waals surface area contributed by atoms with Crippen molar-refractivity contribution >= 4 is 35.1 Å². The van der Waals surface area contributed by atoms with Gasteiger partial charge in [-0.2, -0.15) is 0 Å². The van der Waals surface area contributed by atoms with Gasteiger partial charge in [0.05, 0.1) is 23.4 Å². The first-order chi connectivity index (χ1) is 17.4. The van der Waals surface area contributed by atoms with Gasteiger partial charge < -0.3 is 9.64 Å². The number of amides is 3. The van der Waals surface area contributed by atoms with Gasteiger partial charge in [0.25, 0.3) is 0 Å². The highest BCUT2D eigenvalue weighted by Gasteiger charge is 2.67. The maximum Gasteiger partial charge on any atom is 0.316 e. The van der Waals surface area contributed by atoms with Crippen molar-refractivity contribution in [2.24, 2.45) is 41.4 Å². The van der Waals surface area contributed by atoms with Gasteiger partial charge in [0.2, 0.25) is 17.7 Å². The summed E-state index contributed by atoms with van der Waals surface area (Å²) in [6.45, 7) is 2.21. The zero-order valence-corrected chi connectivity index (χ0v) is 19.9. The zero-order valence-electron chi connectivity index (χ0n) is 19.9. The average Bonchev–Trinajstić information content (AvgIpc) is 3.54. The van der Waals surface area contributed by atoms with Gasteiger partial charge in [-0.05, 0) is 66.8 Å². The maximum absolute atomic E-state index is 13.4. The summed E-state index contributed by atoms with van der Waals surface area (Å²) < 4.78 is 5.64. The van der Waals surface area contributed by atoms with E-state index >= 15 is 0 Å². The van der Waals surface area contributed by atoms with E-state index in [1.807, 2.05) is 31.2 Å². The summed E-state index contributed by atoms with van der Waals surface area (Å²) >= 11 is 0. The van der Waals surface area contributed by atoms with Crippen LogP contribution >= 0.6 is 0 Å². The number of anilines is 2. The van der Waals surface area contributed by atoms with Crippen LogP contribution in [0.2, 0.25) is 0 Å². The molecule has 4 fully saturated rings. The van der Waals surface area contributed by atoms with Crippen molar-refractivity contribution in [1.29, 1.82) is 0 Å². The quantitative estimate of drug-likeness (QED) is 0.288. The van der Waals surface area contributed by atoms with Gasteiger partial charge in [0, 0.05) is 24.7 Å². The lowest BCUT2D eigenvalue weighted by Crippen LogP contribution is -2.40. The van der Waals surface area contributed by atoms with E-state index in [2.05, 4.69) is 12.2 Å². The van der Waals surface area contributed by atoms with Crippen molar-refractivity contribution in [2.45, 2.75) is 19.8 Å². The predicted octanol–water partition coefficient (Wildman–Crippen LogP) is 3.51. The van der Waals surface area contributed by atoms with Gasteiger partial charge >= 0.3 is 5.97 Å². The number of carbonyl (C=O) groups is 4. The largest absolute Gasteiger partial charge is 0.426 e. The van der Waals surface area contributed by atoms with E-state index in [0.29, 0.717) is 17.5 Å². The summed E-state index contributed by atoms with van der Waals surface area (Å²) in [6.07, 6.45) is 5.50. The molecule has 0 aromatic heterocycles. The molecule has 0 unspecified atom stereocenters. The Hall–Kier alpha value is -3.74. The molecule has 2 saturated carbocycles. The van der Waals surface area contributed by atoms with Crippen LogP contribution in [0.1, 0.15) is 18.4 Å². The molecule has 4 aliphatic carbocycles. The SMILES string of the molecule is Cc1cccc(N2C[C@H](C(=O)Oc3cccc(N4C(=O)[C@@H]5[C@@H]6C=C[C@H]([C@H]7C[C@H]67)[C@@H]5C4=O)c3)CC2=O)c1. The highest BCUT2D eigenvalue weighted by atomic mass is 16.5. The highest BCUT2D eigenvalue weighted by Crippen LogP contribution is 2.65. The number of ether oxygens (including phenoxy) is 1. The maximum atomic E-state index is 13.4. The first-order valence-corrected chi connectivity index (χ1v) is 12.7. The summed E-state index contributed by atoms with van der Waals surface area (Å²) in [6, 6.07) is 14.2. The highest BCUT2D eigenvalue weighted by molar-refractivity contribution is 6.22. The fourth-order valence-electron chi connectivity index (χ4n) is 7.01. The molecule has 2 saturated heterocycles. The number of nitrogens with zero attached hydrogens (tertiary/aromatic N) is 2. The number of allylic oxidation sites excluding steroid dienone is 2. The van der Waals surface area contributed by atoms with Crippen molar-refractivity contribution in [3.05, 3.63) is 66.2 Å². The van der Waals surface area contributed by atoms with Crippen molar-refractivity contribution in [3.8, 4) is 5.75 Å². The Morgan fingerprint density at radius 1 is 0.889 bits per heavy atom. The van der Waals surface area contributed by atoms with Crippen LogP contribution in [0.3, 0.4) is 0 Å².